The van der Waals surface area contributed by atoms with Crippen LogP contribution in [0.5, 0.6) is 0 Å². The molecule has 0 atom stereocenters. The van der Waals surface area contributed by atoms with Gasteiger partial charge in [0.2, 0.25) is 0 Å². The third-order valence-electron chi connectivity index (χ3n) is 4.06. The van der Waals surface area contributed by atoms with Crippen LogP contribution in [0.25, 0.3) is 0 Å². The van der Waals surface area contributed by atoms with E-state index in [2.05, 4.69) is 24.4 Å². The summed E-state index contributed by atoms with van der Waals surface area (Å²) in [5.41, 5.74) is 1.81. The van der Waals surface area contributed by atoms with Crippen molar-refractivity contribution in [1.29, 1.82) is 0 Å². The molecule has 1 aromatic rings. The fraction of sp³-hybridized carbons (Fsp3) is 0.571. The van der Waals surface area contributed by atoms with Crippen LogP contribution >= 0.6 is 0 Å². The molecule has 1 rings (SSSR count). The van der Waals surface area contributed by atoms with Crippen LogP contribution in [0.1, 0.15) is 81.5 Å². The average molecular weight is 316 g/mol. The van der Waals surface area contributed by atoms with Gasteiger partial charge in [-0.05, 0) is 49.9 Å². The molecule has 2 heteroatoms. The number of nitrogens with one attached hydrogen (secondary N) is 1. The van der Waals surface area contributed by atoms with Crippen LogP contribution in [0.3, 0.4) is 0 Å². The molecule has 0 amide bonds. The Hall–Kier alpha value is -1.57. The van der Waals surface area contributed by atoms with E-state index in [0.717, 1.165) is 36.9 Å². The molecule has 0 aliphatic carbocycles. The van der Waals surface area contributed by atoms with E-state index in [1.807, 2.05) is 24.3 Å². The summed E-state index contributed by atoms with van der Waals surface area (Å²) >= 11 is 0. The van der Waals surface area contributed by atoms with Crippen molar-refractivity contribution in [3.8, 4) is 0 Å². The topological polar surface area (TPSA) is 29.1 Å². The van der Waals surface area contributed by atoms with E-state index in [1.165, 1.54) is 51.4 Å². The zero-order valence-electron chi connectivity index (χ0n) is 14.7. The van der Waals surface area contributed by atoms with Gasteiger partial charge in [0.05, 0.1) is 0 Å². The first kappa shape index (κ1) is 19.5. The van der Waals surface area contributed by atoms with Crippen molar-refractivity contribution in [2.24, 2.45) is 0 Å². The first-order chi connectivity index (χ1) is 11.4. The van der Waals surface area contributed by atoms with Crippen molar-refractivity contribution >= 4 is 12.0 Å². The Balaban J connectivity index is 1.91. The Morgan fingerprint density at radius 1 is 0.826 bits per heavy atom. The monoisotopic (exact) mass is 315 g/mol. The van der Waals surface area contributed by atoms with Gasteiger partial charge in [0.25, 0.3) is 0 Å². The third kappa shape index (κ3) is 10.7. The Kier molecular flexibility index (Phi) is 11.9. The number of allylic oxidation sites excluding steroid dienone is 2. The van der Waals surface area contributed by atoms with E-state index in [9.17, 15) is 4.79 Å². The van der Waals surface area contributed by atoms with E-state index in [4.69, 9.17) is 0 Å². The lowest BCUT2D eigenvalue weighted by atomic mass is 10.1. The molecule has 0 aliphatic heterocycles. The zero-order chi connectivity index (χ0) is 16.6. The molecule has 0 saturated heterocycles. The maximum absolute atomic E-state index is 10.6. The second-order valence-electron chi connectivity index (χ2n) is 6.19. The van der Waals surface area contributed by atoms with Gasteiger partial charge in [-0.1, -0.05) is 57.6 Å². The molecule has 2 nitrogen and oxygen atoms in total. The van der Waals surface area contributed by atoms with Crippen LogP contribution in [0, 0.1) is 0 Å². The largest absolute Gasteiger partial charge is 0.385 e. The number of rotatable bonds is 14. The molecule has 1 aromatic carbocycles. The van der Waals surface area contributed by atoms with Gasteiger partial charge >= 0.3 is 0 Å². The van der Waals surface area contributed by atoms with Crippen LogP contribution < -0.4 is 5.32 Å². The lowest BCUT2D eigenvalue weighted by Crippen LogP contribution is -2.00. The van der Waals surface area contributed by atoms with Gasteiger partial charge in [0, 0.05) is 17.8 Å². The molecule has 0 bridgehead atoms. The van der Waals surface area contributed by atoms with Crippen LogP contribution in [-0.2, 0) is 0 Å². The molecule has 1 N–H and O–H groups in total. The normalized spacial score (nSPS) is 11.0. The Morgan fingerprint density at radius 3 is 2.09 bits per heavy atom. The molecule has 128 valence electrons. The van der Waals surface area contributed by atoms with E-state index < -0.39 is 0 Å². The van der Waals surface area contributed by atoms with Crippen molar-refractivity contribution in [3.05, 3.63) is 42.0 Å². The molecule has 0 unspecified atom stereocenters. The highest BCUT2D eigenvalue weighted by Gasteiger charge is 1.93. The number of anilines is 1. The Labute approximate surface area is 142 Å². The summed E-state index contributed by atoms with van der Waals surface area (Å²) in [5, 5.41) is 3.38. The quantitative estimate of drug-likeness (QED) is 0.245. The van der Waals surface area contributed by atoms with Crippen molar-refractivity contribution in [2.45, 2.75) is 71.1 Å². The zero-order valence-corrected chi connectivity index (χ0v) is 14.7. The average Bonchev–Trinajstić information content (AvgIpc) is 2.59. The summed E-state index contributed by atoms with van der Waals surface area (Å²) in [6, 6.07) is 7.61. The van der Waals surface area contributed by atoms with Gasteiger partial charge in [-0.15, -0.1) is 0 Å². The van der Waals surface area contributed by atoms with Gasteiger partial charge in [-0.25, -0.2) is 0 Å². The maximum Gasteiger partial charge on any atom is 0.150 e. The molecule has 23 heavy (non-hydrogen) atoms. The minimum absolute atomic E-state index is 0.726. The molecule has 0 aromatic heterocycles. The molecule has 0 heterocycles. The van der Waals surface area contributed by atoms with Crippen molar-refractivity contribution in [3.63, 3.8) is 0 Å². The Bertz CT molecular complexity index is 422. The first-order valence-electron chi connectivity index (χ1n) is 9.31. The second-order valence-corrected chi connectivity index (χ2v) is 6.19. The van der Waals surface area contributed by atoms with E-state index in [-0.39, 0.29) is 0 Å². The van der Waals surface area contributed by atoms with E-state index >= 15 is 0 Å². The molecule has 0 fully saturated rings. The number of aldehydes is 1. The van der Waals surface area contributed by atoms with Crippen molar-refractivity contribution in [1.82, 2.24) is 0 Å². The first-order valence-corrected chi connectivity index (χ1v) is 9.31. The number of unbranched alkanes of at least 4 members (excludes halogenated alkanes) is 8. The number of carbonyl (C=O) groups is 1. The number of hydrogen-bond donors (Lipinski definition) is 1. The number of carbonyl (C=O) groups excluding carboxylic acids is 1. The van der Waals surface area contributed by atoms with Gasteiger partial charge in [-0.2, -0.15) is 0 Å². The third-order valence-corrected chi connectivity index (χ3v) is 4.06. The van der Waals surface area contributed by atoms with E-state index in [1.54, 1.807) is 0 Å². The summed E-state index contributed by atoms with van der Waals surface area (Å²) in [7, 11) is 0. The van der Waals surface area contributed by atoms with Crippen LogP contribution in [0.4, 0.5) is 5.69 Å². The molecule has 0 spiro atoms. The summed E-state index contributed by atoms with van der Waals surface area (Å²) in [5.74, 6) is 0. The van der Waals surface area contributed by atoms with Crippen LogP contribution in [0.2, 0.25) is 0 Å². The van der Waals surface area contributed by atoms with Crippen molar-refractivity contribution < 1.29 is 4.79 Å². The highest BCUT2D eigenvalue weighted by molar-refractivity contribution is 5.75. The molecular formula is C21H33NO. The number of hydrogen-bond acceptors (Lipinski definition) is 2. The Morgan fingerprint density at radius 2 is 1.43 bits per heavy atom. The maximum atomic E-state index is 10.6. The molecular weight excluding hydrogens is 282 g/mol. The second kappa shape index (κ2) is 14.0. The minimum Gasteiger partial charge on any atom is -0.385 e. The van der Waals surface area contributed by atoms with Crippen molar-refractivity contribution in [2.75, 3.05) is 11.9 Å². The van der Waals surface area contributed by atoms with E-state index in [0.29, 0.717) is 0 Å². The van der Waals surface area contributed by atoms with Crippen LogP contribution in [-0.4, -0.2) is 12.8 Å². The highest BCUT2D eigenvalue weighted by Crippen LogP contribution is 2.10. The smallest absolute Gasteiger partial charge is 0.150 e. The van der Waals surface area contributed by atoms with Gasteiger partial charge < -0.3 is 5.32 Å². The standard InChI is InChI=1S/C21H33NO/c1-2-3-4-5-6-7-8-9-10-11-12-13-18-22-21-16-14-20(19-23)15-17-21/h10-11,14-17,19,22H,2-9,12-13,18H2,1H3. The summed E-state index contributed by atoms with van der Waals surface area (Å²) in [6.45, 7) is 3.24. The highest BCUT2D eigenvalue weighted by atomic mass is 16.1. The summed E-state index contributed by atoms with van der Waals surface area (Å²) < 4.78 is 0. The number of benzene rings is 1. The van der Waals surface area contributed by atoms with Gasteiger partial charge in [0.15, 0.2) is 0 Å². The van der Waals surface area contributed by atoms with Crippen LogP contribution in [0.15, 0.2) is 36.4 Å². The predicted molar refractivity (Wildman–Crippen MR) is 101 cm³/mol. The fourth-order valence-electron chi connectivity index (χ4n) is 2.59. The molecule has 0 saturated carbocycles. The lowest BCUT2D eigenvalue weighted by Gasteiger charge is -2.05. The SMILES string of the molecule is CCCCCCCCCC=CCCCNc1ccc(C=O)cc1. The molecule has 0 aliphatic rings. The summed E-state index contributed by atoms with van der Waals surface area (Å²) in [4.78, 5) is 10.6. The minimum atomic E-state index is 0.726. The fourth-order valence-corrected chi connectivity index (χ4v) is 2.59. The molecule has 0 radical (unpaired) electrons. The van der Waals surface area contributed by atoms with Gasteiger partial charge in [0.1, 0.15) is 6.29 Å². The summed E-state index contributed by atoms with van der Waals surface area (Å²) in [6.07, 6.45) is 18.7. The predicted octanol–water partition coefficient (Wildman–Crippen LogP) is 6.39. The lowest BCUT2D eigenvalue weighted by molar-refractivity contribution is 0.112. The van der Waals surface area contributed by atoms with Gasteiger partial charge in [-0.3, -0.25) is 4.79 Å².